The van der Waals surface area contributed by atoms with E-state index in [2.05, 4.69) is 6.58 Å². The van der Waals surface area contributed by atoms with Crippen LogP contribution in [0.2, 0.25) is 0 Å². The number of aliphatic hydroxyl groups is 1. The summed E-state index contributed by atoms with van der Waals surface area (Å²) in [6.45, 7) is 8.35. The van der Waals surface area contributed by atoms with Crippen LogP contribution in [0, 0.1) is 23.7 Å². The molecule has 4 bridgehead atoms. The Hall–Kier alpha value is -1.40. The minimum absolute atomic E-state index is 0.0578. The van der Waals surface area contributed by atoms with Crippen LogP contribution in [0.4, 0.5) is 0 Å². The molecule has 6 rings (SSSR count). The Bertz CT molecular complexity index is 747. The van der Waals surface area contributed by atoms with E-state index >= 15 is 0 Å². The first-order valence-corrected chi connectivity index (χ1v) is 11.0. The van der Waals surface area contributed by atoms with Crippen molar-refractivity contribution in [2.75, 3.05) is 13.2 Å². The molecule has 4 aliphatic carbocycles. The first kappa shape index (κ1) is 19.6. The summed E-state index contributed by atoms with van der Waals surface area (Å²) in [6, 6.07) is 7.72. The minimum atomic E-state index is -0.640. The van der Waals surface area contributed by atoms with Gasteiger partial charge in [0, 0.05) is 11.8 Å². The summed E-state index contributed by atoms with van der Waals surface area (Å²) in [6.07, 6.45) is 5.90. The number of aliphatic hydroxyl groups excluding tert-OH is 1. The molecule has 1 aliphatic heterocycles. The SMILES string of the molecule is C=C(c1cccc(OC(C)(C)CO)c1)C1COC2(OO1)C1CC3CC(C1)CC2C3. The fourth-order valence-electron chi connectivity index (χ4n) is 6.06. The fraction of sp³-hybridized carbons (Fsp3) is 0.667. The molecule has 5 aliphatic rings. The molecule has 158 valence electrons. The van der Waals surface area contributed by atoms with Crippen LogP contribution in [0.3, 0.4) is 0 Å². The first-order chi connectivity index (χ1) is 13.9. The zero-order valence-corrected chi connectivity index (χ0v) is 17.4. The maximum atomic E-state index is 9.45. The second-order valence-corrected chi connectivity index (χ2v) is 10.1. The van der Waals surface area contributed by atoms with Gasteiger partial charge >= 0.3 is 0 Å². The summed E-state index contributed by atoms with van der Waals surface area (Å²) in [5, 5.41) is 9.45. The van der Waals surface area contributed by atoms with Crippen molar-refractivity contribution in [3.63, 3.8) is 0 Å². The molecule has 4 saturated carbocycles. The summed E-state index contributed by atoms with van der Waals surface area (Å²) in [5.41, 5.74) is 1.10. The smallest absolute Gasteiger partial charge is 0.207 e. The van der Waals surface area contributed by atoms with E-state index in [9.17, 15) is 5.11 Å². The van der Waals surface area contributed by atoms with Gasteiger partial charge in [-0.3, -0.25) is 0 Å². The second-order valence-electron chi connectivity index (χ2n) is 10.1. The number of hydrogen-bond donors (Lipinski definition) is 1. The van der Waals surface area contributed by atoms with E-state index < -0.39 is 11.4 Å². The summed E-state index contributed by atoms with van der Waals surface area (Å²) in [5.74, 6) is 2.79. The largest absolute Gasteiger partial charge is 0.485 e. The zero-order valence-electron chi connectivity index (χ0n) is 17.4. The van der Waals surface area contributed by atoms with Crippen LogP contribution in [0.15, 0.2) is 30.8 Å². The van der Waals surface area contributed by atoms with Crippen LogP contribution in [0.5, 0.6) is 5.75 Å². The third-order valence-electron chi connectivity index (χ3n) is 7.40. The van der Waals surface area contributed by atoms with E-state index in [1.807, 2.05) is 38.1 Å². The van der Waals surface area contributed by atoms with Gasteiger partial charge in [-0.25, -0.2) is 4.89 Å². The van der Waals surface area contributed by atoms with Crippen LogP contribution >= 0.6 is 0 Å². The highest BCUT2D eigenvalue weighted by atomic mass is 17.2. The lowest BCUT2D eigenvalue weighted by atomic mass is 9.53. The highest BCUT2D eigenvalue weighted by molar-refractivity contribution is 5.68. The summed E-state index contributed by atoms with van der Waals surface area (Å²) >= 11 is 0. The van der Waals surface area contributed by atoms with E-state index in [0.29, 0.717) is 24.2 Å². The lowest BCUT2D eigenvalue weighted by molar-refractivity contribution is -0.517. The van der Waals surface area contributed by atoms with Gasteiger partial charge in [-0.15, -0.1) is 0 Å². The average Bonchev–Trinajstić information content (AvgIpc) is 2.71. The van der Waals surface area contributed by atoms with Gasteiger partial charge in [0.25, 0.3) is 0 Å². The van der Waals surface area contributed by atoms with Crippen LogP contribution in [-0.2, 0) is 14.5 Å². The van der Waals surface area contributed by atoms with Gasteiger partial charge in [-0.2, -0.15) is 4.89 Å². The Kier molecular flexibility index (Phi) is 4.78. The van der Waals surface area contributed by atoms with E-state index in [1.54, 1.807) is 0 Å². The molecule has 5 nitrogen and oxygen atoms in total. The third kappa shape index (κ3) is 3.42. The lowest BCUT2D eigenvalue weighted by Gasteiger charge is -2.60. The predicted molar refractivity (Wildman–Crippen MR) is 109 cm³/mol. The molecule has 5 fully saturated rings. The van der Waals surface area contributed by atoms with E-state index in [0.717, 1.165) is 23.0 Å². The molecule has 5 heteroatoms. The Balaban J connectivity index is 1.26. The molecule has 1 N–H and O–H groups in total. The fourth-order valence-corrected chi connectivity index (χ4v) is 6.06. The molecular formula is C24H32O5. The Morgan fingerprint density at radius 3 is 2.45 bits per heavy atom. The highest BCUT2D eigenvalue weighted by Crippen LogP contribution is 2.60. The number of ether oxygens (including phenoxy) is 2. The molecule has 0 radical (unpaired) electrons. The Morgan fingerprint density at radius 1 is 1.17 bits per heavy atom. The monoisotopic (exact) mass is 400 g/mol. The average molecular weight is 401 g/mol. The standard InChI is InChI=1S/C24H32O5/c1-15(18-5-4-6-21(12-18)27-23(2,3)14-25)22-13-26-24(29-28-22)19-8-16-7-17(10-19)11-20(24)9-16/h4-6,12,16-17,19-20,22,25H,1,7-11,13-14H2,2-3H3. The van der Waals surface area contributed by atoms with E-state index in [4.69, 9.17) is 19.2 Å². The molecule has 1 heterocycles. The lowest BCUT2D eigenvalue weighted by Crippen LogP contribution is -2.63. The van der Waals surface area contributed by atoms with Gasteiger partial charge in [0.1, 0.15) is 17.5 Å². The molecule has 1 atom stereocenters. The molecule has 1 spiro atoms. The Labute approximate surface area is 172 Å². The topological polar surface area (TPSA) is 57.2 Å². The van der Waals surface area contributed by atoms with Gasteiger partial charge in [0.15, 0.2) is 0 Å². The zero-order chi connectivity index (χ0) is 20.2. The van der Waals surface area contributed by atoms with Gasteiger partial charge in [-0.1, -0.05) is 18.7 Å². The predicted octanol–water partition coefficient (Wildman–Crippen LogP) is 4.35. The van der Waals surface area contributed by atoms with Crippen molar-refractivity contribution in [3.8, 4) is 5.75 Å². The Morgan fingerprint density at radius 2 is 1.86 bits per heavy atom. The van der Waals surface area contributed by atoms with Crippen LogP contribution in [-0.4, -0.2) is 35.8 Å². The van der Waals surface area contributed by atoms with E-state index in [1.165, 1.54) is 32.1 Å². The quantitative estimate of drug-likeness (QED) is 0.745. The van der Waals surface area contributed by atoms with Crippen molar-refractivity contribution in [1.29, 1.82) is 0 Å². The summed E-state index contributed by atoms with van der Waals surface area (Å²) < 4.78 is 12.3. The highest BCUT2D eigenvalue weighted by Gasteiger charge is 2.61. The third-order valence-corrected chi connectivity index (χ3v) is 7.40. The van der Waals surface area contributed by atoms with Gasteiger partial charge < -0.3 is 14.6 Å². The molecule has 0 aromatic heterocycles. The summed E-state index contributed by atoms with van der Waals surface area (Å²) in [4.78, 5) is 12.0. The normalized spacial score (nSPS) is 38.4. The summed E-state index contributed by atoms with van der Waals surface area (Å²) in [7, 11) is 0. The van der Waals surface area contributed by atoms with Crippen LogP contribution in [0.25, 0.3) is 5.57 Å². The van der Waals surface area contributed by atoms with Crippen molar-refractivity contribution < 1.29 is 24.4 Å². The van der Waals surface area contributed by atoms with Crippen molar-refractivity contribution in [1.82, 2.24) is 0 Å². The van der Waals surface area contributed by atoms with Crippen molar-refractivity contribution >= 4 is 5.57 Å². The van der Waals surface area contributed by atoms with Crippen LogP contribution < -0.4 is 4.74 Å². The van der Waals surface area contributed by atoms with E-state index in [-0.39, 0.29) is 12.7 Å². The van der Waals surface area contributed by atoms with Gasteiger partial charge in [0.05, 0.1) is 13.2 Å². The molecule has 1 aromatic rings. The molecule has 1 unspecified atom stereocenters. The number of rotatable bonds is 5. The maximum Gasteiger partial charge on any atom is 0.207 e. The van der Waals surface area contributed by atoms with Crippen molar-refractivity contribution in [2.24, 2.45) is 23.7 Å². The van der Waals surface area contributed by atoms with Crippen LogP contribution in [0.1, 0.15) is 51.5 Å². The van der Waals surface area contributed by atoms with Crippen molar-refractivity contribution in [3.05, 3.63) is 36.4 Å². The molecule has 0 amide bonds. The molecular weight excluding hydrogens is 368 g/mol. The molecule has 1 aromatic carbocycles. The van der Waals surface area contributed by atoms with Gasteiger partial charge in [0.2, 0.25) is 5.79 Å². The van der Waals surface area contributed by atoms with Crippen molar-refractivity contribution in [2.45, 2.75) is 63.4 Å². The maximum absolute atomic E-state index is 9.45. The number of benzene rings is 1. The molecule has 1 saturated heterocycles. The second kappa shape index (κ2) is 7.09. The minimum Gasteiger partial charge on any atom is -0.485 e. The first-order valence-electron chi connectivity index (χ1n) is 11.0. The number of hydrogen-bond acceptors (Lipinski definition) is 5. The van der Waals surface area contributed by atoms with Gasteiger partial charge in [-0.05, 0) is 81.1 Å². The molecule has 29 heavy (non-hydrogen) atoms.